The zero-order valence-corrected chi connectivity index (χ0v) is 21.8. The Morgan fingerprint density at radius 3 is 2.42 bits per heavy atom. The number of rotatable bonds is 7. The number of fused-ring (bicyclic) bond motifs is 3. The molecule has 0 radical (unpaired) electrons. The summed E-state index contributed by atoms with van der Waals surface area (Å²) in [5.41, 5.74) is 1.17. The second-order valence-electron chi connectivity index (χ2n) is 9.47. The summed E-state index contributed by atoms with van der Waals surface area (Å²) >= 11 is 1.54. The van der Waals surface area contributed by atoms with E-state index in [-0.39, 0.29) is 18.4 Å². The molecule has 0 aliphatic carbocycles. The average molecular weight is 532 g/mol. The number of amides is 2. The third kappa shape index (κ3) is 4.36. The molecule has 3 aliphatic heterocycles. The van der Waals surface area contributed by atoms with Crippen LogP contribution in [-0.4, -0.2) is 65.5 Å². The Kier molecular flexibility index (Phi) is 7.07. The third-order valence-electron chi connectivity index (χ3n) is 7.21. The molecule has 8 heteroatoms. The van der Waals surface area contributed by atoms with Crippen molar-refractivity contribution in [1.82, 2.24) is 4.90 Å². The van der Waals surface area contributed by atoms with Crippen molar-refractivity contribution >= 4 is 34.3 Å². The van der Waals surface area contributed by atoms with Crippen LogP contribution in [0.3, 0.4) is 0 Å². The summed E-state index contributed by atoms with van der Waals surface area (Å²) in [5.74, 6) is 0.0477. The molecule has 2 saturated heterocycles. The minimum absolute atomic E-state index is 0.238. The molecule has 3 aliphatic rings. The van der Waals surface area contributed by atoms with Crippen LogP contribution in [0, 0.1) is 0 Å². The maximum atomic E-state index is 13.5. The first-order valence-corrected chi connectivity index (χ1v) is 13.9. The van der Waals surface area contributed by atoms with Gasteiger partial charge in [0, 0.05) is 5.56 Å². The number of nitrogens with zero attached hydrogens (tertiary/aromatic N) is 1. The van der Waals surface area contributed by atoms with Crippen molar-refractivity contribution < 1.29 is 28.5 Å². The Morgan fingerprint density at radius 1 is 1.00 bits per heavy atom. The standard InChI is InChI=1S/C30H29NO6S/c1-3-15-34-26-24(31-27(32)21-11-7-8-12-22(21)28(31)33)30(38-4-2)36-23-17-35-29(37-25(23)26)20-14-13-18-9-5-6-10-19(18)16-20/h3,5-14,16,23-26,29-30H,1,4,15,17H2,2H3/t23-,24-,25-,26-,29?,30+/m1/s1. The molecule has 3 heterocycles. The molecule has 0 N–H and O–H groups in total. The van der Waals surface area contributed by atoms with Crippen LogP contribution in [0.2, 0.25) is 0 Å². The summed E-state index contributed by atoms with van der Waals surface area (Å²) in [6, 6.07) is 20.4. The molecule has 2 amide bonds. The van der Waals surface area contributed by atoms with Crippen LogP contribution >= 0.6 is 11.8 Å². The summed E-state index contributed by atoms with van der Waals surface area (Å²) < 4.78 is 25.5. The fraction of sp³-hybridized carbons (Fsp3) is 0.333. The quantitative estimate of drug-likeness (QED) is 0.315. The largest absolute Gasteiger partial charge is 0.369 e. The van der Waals surface area contributed by atoms with Gasteiger partial charge in [0.05, 0.1) is 24.3 Å². The normalized spacial score (nSPS) is 28.8. The highest BCUT2D eigenvalue weighted by Crippen LogP contribution is 2.42. The smallest absolute Gasteiger partial charge is 0.262 e. The lowest BCUT2D eigenvalue weighted by Gasteiger charge is -2.51. The van der Waals surface area contributed by atoms with Gasteiger partial charge in [-0.25, -0.2) is 0 Å². The van der Waals surface area contributed by atoms with Crippen molar-refractivity contribution in [2.24, 2.45) is 0 Å². The first-order valence-electron chi connectivity index (χ1n) is 12.8. The van der Waals surface area contributed by atoms with Gasteiger partial charge in [-0.2, -0.15) is 0 Å². The molecule has 0 saturated carbocycles. The summed E-state index contributed by atoms with van der Waals surface area (Å²) in [4.78, 5) is 28.4. The van der Waals surface area contributed by atoms with E-state index in [4.69, 9.17) is 18.9 Å². The van der Waals surface area contributed by atoms with Crippen molar-refractivity contribution in [1.29, 1.82) is 0 Å². The van der Waals surface area contributed by atoms with Gasteiger partial charge in [-0.3, -0.25) is 14.5 Å². The second-order valence-corrected chi connectivity index (χ2v) is 10.8. The van der Waals surface area contributed by atoms with E-state index in [0.29, 0.717) is 17.7 Å². The van der Waals surface area contributed by atoms with E-state index >= 15 is 0 Å². The van der Waals surface area contributed by atoms with Gasteiger partial charge < -0.3 is 18.9 Å². The van der Waals surface area contributed by atoms with E-state index in [1.165, 1.54) is 16.7 Å². The van der Waals surface area contributed by atoms with Crippen LogP contribution < -0.4 is 0 Å². The number of ether oxygens (including phenoxy) is 4. The lowest BCUT2D eigenvalue weighted by Crippen LogP contribution is -2.67. The Labute approximate surface area is 225 Å². The van der Waals surface area contributed by atoms with E-state index in [1.807, 2.05) is 31.2 Å². The number of carbonyl (C=O) groups excluding carboxylic acids is 2. The molecular weight excluding hydrogens is 502 g/mol. The van der Waals surface area contributed by atoms with Gasteiger partial charge in [0.2, 0.25) is 0 Å². The fourth-order valence-electron chi connectivity index (χ4n) is 5.51. The molecule has 2 fully saturated rings. The maximum Gasteiger partial charge on any atom is 0.262 e. The highest BCUT2D eigenvalue weighted by atomic mass is 32.2. The number of hydrogen-bond acceptors (Lipinski definition) is 7. The molecule has 6 rings (SSSR count). The zero-order chi connectivity index (χ0) is 26.2. The molecule has 7 nitrogen and oxygen atoms in total. The van der Waals surface area contributed by atoms with Gasteiger partial charge in [0.15, 0.2) is 6.29 Å². The van der Waals surface area contributed by atoms with Crippen molar-refractivity contribution in [3.63, 3.8) is 0 Å². The molecule has 0 bridgehead atoms. The highest BCUT2D eigenvalue weighted by molar-refractivity contribution is 7.99. The van der Waals surface area contributed by atoms with Crippen molar-refractivity contribution in [2.75, 3.05) is 19.0 Å². The van der Waals surface area contributed by atoms with E-state index in [9.17, 15) is 9.59 Å². The molecule has 3 aromatic rings. The molecule has 38 heavy (non-hydrogen) atoms. The number of benzene rings is 3. The van der Waals surface area contributed by atoms with Gasteiger partial charge in [0.25, 0.3) is 11.8 Å². The predicted octanol–water partition coefficient (Wildman–Crippen LogP) is 4.97. The van der Waals surface area contributed by atoms with Gasteiger partial charge in [0.1, 0.15) is 29.8 Å². The van der Waals surface area contributed by atoms with Crippen LogP contribution in [0.15, 0.2) is 79.4 Å². The Bertz CT molecular complexity index is 1340. The summed E-state index contributed by atoms with van der Waals surface area (Å²) in [5, 5.41) is 2.21. The van der Waals surface area contributed by atoms with Crippen LogP contribution in [0.25, 0.3) is 10.8 Å². The topological polar surface area (TPSA) is 74.3 Å². The minimum Gasteiger partial charge on any atom is -0.369 e. The van der Waals surface area contributed by atoms with Crippen molar-refractivity contribution in [3.8, 4) is 0 Å². The number of hydrogen-bond donors (Lipinski definition) is 0. The zero-order valence-electron chi connectivity index (χ0n) is 21.0. The SMILES string of the molecule is C=CCO[C@H]1[C@@H]2OC(c3ccc4ccccc4c3)OC[C@H]2O[C@@H](SCC)[C@@H]1N1C(=O)c2ccccc2C1=O. The molecule has 6 atom stereocenters. The van der Waals surface area contributed by atoms with E-state index in [2.05, 4.69) is 24.8 Å². The van der Waals surface area contributed by atoms with Crippen molar-refractivity contribution in [3.05, 3.63) is 96.1 Å². The Morgan fingerprint density at radius 2 is 1.71 bits per heavy atom. The van der Waals surface area contributed by atoms with Gasteiger partial charge in [-0.1, -0.05) is 61.5 Å². The number of imide groups is 1. The molecule has 0 spiro atoms. The Balaban J connectivity index is 1.35. The van der Waals surface area contributed by atoms with Crippen LogP contribution in [0.5, 0.6) is 0 Å². The first-order chi connectivity index (χ1) is 18.6. The first kappa shape index (κ1) is 25.3. The number of thioether (sulfide) groups is 1. The molecule has 3 aromatic carbocycles. The van der Waals surface area contributed by atoms with E-state index in [0.717, 1.165) is 22.1 Å². The van der Waals surface area contributed by atoms with Gasteiger partial charge in [-0.15, -0.1) is 18.3 Å². The fourth-order valence-corrected chi connectivity index (χ4v) is 6.53. The summed E-state index contributed by atoms with van der Waals surface area (Å²) in [6.07, 6.45) is -0.603. The maximum absolute atomic E-state index is 13.5. The van der Waals surface area contributed by atoms with Crippen LogP contribution in [-0.2, 0) is 18.9 Å². The lowest BCUT2D eigenvalue weighted by atomic mass is 9.95. The minimum atomic E-state index is -0.691. The lowest BCUT2D eigenvalue weighted by molar-refractivity contribution is -0.314. The molecule has 196 valence electrons. The van der Waals surface area contributed by atoms with Crippen LogP contribution in [0.1, 0.15) is 39.5 Å². The monoisotopic (exact) mass is 531 g/mol. The average Bonchev–Trinajstić information content (AvgIpc) is 3.20. The molecule has 0 aromatic heterocycles. The summed E-state index contributed by atoms with van der Waals surface area (Å²) in [7, 11) is 0. The van der Waals surface area contributed by atoms with E-state index in [1.54, 1.807) is 30.3 Å². The summed E-state index contributed by atoms with van der Waals surface area (Å²) in [6.45, 7) is 6.36. The van der Waals surface area contributed by atoms with Crippen molar-refractivity contribution in [2.45, 2.75) is 43.0 Å². The predicted molar refractivity (Wildman–Crippen MR) is 145 cm³/mol. The Hall–Kier alpha value is -3.01. The highest BCUT2D eigenvalue weighted by Gasteiger charge is 2.56. The van der Waals surface area contributed by atoms with Gasteiger partial charge >= 0.3 is 0 Å². The number of carbonyl (C=O) groups is 2. The second kappa shape index (κ2) is 10.6. The van der Waals surface area contributed by atoms with E-state index < -0.39 is 36.1 Å². The third-order valence-corrected chi connectivity index (χ3v) is 8.27. The molecular formula is C30H29NO6S. The molecule has 1 unspecified atom stereocenters. The van der Waals surface area contributed by atoms with Gasteiger partial charge in [-0.05, 0) is 34.7 Å². The van der Waals surface area contributed by atoms with Crippen LogP contribution in [0.4, 0.5) is 0 Å².